The second kappa shape index (κ2) is 3.01. The van der Waals surface area contributed by atoms with Gasteiger partial charge < -0.3 is 0 Å². The van der Waals surface area contributed by atoms with E-state index >= 15 is 0 Å². The first-order chi connectivity index (χ1) is 5.95. The summed E-state index contributed by atoms with van der Waals surface area (Å²) in [6.07, 6.45) is -4.67. The van der Waals surface area contributed by atoms with Crippen LogP contribution in [0.1, 0.15) is 11.3 Å². The molecule has 1 heterocycles. The van der Waals surface area contributed by atoms with Crippen LogP contribution in [0.5, 0.6) is 0 Å². The number of hydrogen-bond acceptors (Lipinski definition) is 2. The van der Waals surface area contributed by atoms with Crippen molar-refractivity contribution >= 4 is 0 Å². The van der Waals surface area contributed by atoms with Crippen molar-refractivity contribution < 1.29 is 17.6 Å². The van der Waals surface area contributed by atoms with Gasteiger partial charge in [0.2, 0.25) is 5.95 Å². The van der Waals surface area contributed by atoms with Gasteiger partial charge in [-0.15, -0.1) is 0 Å². The molecule has 68 valence electrons. The molecule has 13 heavy (non-hydrogen) atoms. The van der Waals surface area contributed by atoms with E-state index in [1.54, 1.807) is 0 Å². The van der Waals surface area contributed by atoms with Crippen LogP contribution in [0.25, 0.3) is 0 Å². The van der Waals surface area contributed by atoms with E-state index in [-0.39, 0.29) is 0 Å². The van der Waals surface area contributed by atoms with Crippen molar-refractivity contribution in [2.24, 2.45) is 0 Å². The van der Waals surface area contributed by atoms with E-state index in [2.05, 4.69) is 4.98 Å². The van der Waals surface area contributed by atoms with Crippen molar-refractivity contribution in [3.05, 3.63) is 29.3 Å². The fourth-order valence-electron chi connectivity index (χ4n) is 0.749. The summed E-state index contributed by atoms with van der Waals surface area (Å²) in [6.45, 7) is 0. The molecule has 0 saturated carbocycles. The lowest BCUT2D eigenvalue weighted by atomic mass is 10.2. The summed E-state index contributed by atoms with van der Waals surface area (Å²) in [5, 5.41) is 8.23. The lowest BCUT2D eigenvalue weighted by molar-refractivity contribution is -0.138. The number of nitrogens with zero attached hydrogens (tertiary/aromatic N) is 2. The summed E-state index contributed by atoms with van der Waals surface area (Å²) in [5.41, 5.74) is -2.18. The van der Waals surface area contributed by atoms with E-state index in [0.29, 0.717) is 12.1 Å². The number of pyridine rings is 1. The van der Waals surface area contributed by atoms with Crippen molar-refractivity contribution in [2.45, 2.75) is 6.18 Å². The van der Waals surface area contributed by atoms with Crippen LogP contribution in [-0.4, -0.2) is 4.98 Å². The van der Waals surface area contributed by atoms with Gasteiger partial charge in [0.15, 0.2) is 5.69 Å². The molecule has 0 aliphatic carbocycles. The summed E-state index contributed by atoms with van der Waals surface area (Å²) in [6, 6.07) is 2.22. The first kappa shape index (κ1) is 9.45. The average molecular weight is 190 g/mol. The lowest BCUT2D eigenvalue weighted by Gasteiger charge is -2.06. The van der Waals surface area contributed by atoms with E-state index in [9.17, 15) is 17.6 Å². The van der Waals surface area contributed by atoms with E-state index in [4.69, 9.17) is 5.26 Å². The number of aromatic nitrogens is 1. The average Bonchev–Trinajstić information content (AvgIpc) is 2.01. The summed E-state index contributed by atoms with van der Waals surface area (Å²) in [7, 11) is 0. The zero-order valence-electron chi connectivity index (χ0n) is 6.06. The molecule has 0 aliphatic heterocycles. The molecule has 2 nitrogen and oxygen atoms in total. The molecule has 0 unspecified atom stereocenters. The smallest absolute Gasteiger partial charge is 0.208 e. The molecule has 0 bridgehead atoms. The van der Waals surface area contributed by atoms with Crippen LogP contribution in [0.15, 0.2) is 12.1 Å². The monoisotopic (exact) mass is 190 g/mol. The molecular weight excluding hydrogens is 188 g/mol. The van der Waals surface area contributed by atoms with Gasteiger partial charge in [-0.2, -0.15) is 22.8 Å². The summed E-state index contributed by atoms with van der Waals surface area (Å²) in [5.74, 6) is -1.11. The van der Waals surface area contributed by atoms with Gasteiger partial charge >= 0.3 is 6.18 Å². The van der Waals surface area contributed by atoms with E-state index < -0.39 is 23.4 Å². The molecule has 0 saturated heterocycles. The maximum Gasteiger partial charge on any atom is 0.419 e. The van der Waals surface area contributed by atoms with Crippen LogP contribution in [0, 0.1) is 17.3 Å². The normalized spacial score (nSPS) is 11.0. The number of rotatable bonds is 0. The van der Waals surface area contributed by atoms with Crippen molar-refractivity contribution in [3.8, 4) is 6.07 Å². The second-order valence-corrected chi connectivity index (χ2v) is 2.14. The molecule has 0 radical (unpaired) electrons. The zero-order chi connectivity index (χ0) is 10.1. The van der Waals surface area contributed by atoms with Gasteiger partial charge in [-0.3, -0.25) is 0 Å². The van der Waals surface area contributed by atoms with Gasteiger partial charge in [-0.25, -0.2) is 4.98 Å². The van der Waals surface area contributed by atoms with Gasteiger partial charge in [0.1, 0.15) is 6.07 Å². The highest BCUT2D eigenvalue weighted by molar-refractivity contribution is 5.32. The summed E-state index contributed by atoms with van der Waals surface area (Å²) >= 11 is 0. The minimum atomic E-state index is -4.67. The van der Waals surface area contributed by atoms with Gasteiger partial charge in [-0.1, -0.05) is 0 Å². The fraction of sp³-hybridized carbons (Fsp3) is 0.143. The summed E-state index contributed by atoms with van der Waals surface area (Å²) < 4.78 is 48.5. The lowest BCUT2D eigenvalue weighted by Crippen LogP contribution is -2.09. The van der Waals surface area contributed by atoms with Gasteiger partial charge in [0.25, 0.3) is 0 Å². The number of alkyl halides is 3. The zero-order valence-corrected chi connectivity index (χ0v) is 6.06. The van der Waals surface area contributed by atoms with E-state index in [1.807, 2.05) is 0 Å². The van der Waals surface area contributed by atoms with Crippen molar-refractivity contribution in [1.29, 1.82) is 5.26 Å². The van der Waals surface area contributed by atoms with Crippen LogP contribution in [0.2, 0.25) is 0 Å². The van der Waals surface area contributed by atoms with Crippen molar-refractivity contribution in [1.82, 2.24) is 4.98 Å². The Kier molecular flexibility index (Phi) is 2.19. The highest BCUT2D eigenvalue weighted by atomic mass is 19.4. The van der Waals surface area contributed by atoms with Crippen LogP contribution < -0.4 is 0 Å². The standard InChI is InChI=1S/C7H2F4N2/c8-6-2-1-4(7(9,10)11)5(3-12)13-6/h1-2H. The summed E-state index contributed by atoms with van der Waals surface area (Å²) in [4.78, 5) is 2.81. The van der Waals surface area contributed by atoms with E-state index in [0.717, 1.165) is 0 Å². The molecule has 1 aromatic rings. The molecule has 0 N–H and O–H groups in total. The Hall–Kier alpha value is -1.64. The molecule has 0 spiro atoms. The molecule has 0 aromatic carbocycles. The van der Waals surface area contributed by atoms with Crippen LogP contribution in [0.4, 0.5) is 17.6 Å². The minimum absolute atomic E-state index is 0.487. The molecule has 1 aromatic heterocycles. The largest absolute Gasteiger partial charge is 0.419 e. The third-order valence-corrected chi connectivity index (χ3v) is 1.27. The highest BCUT2D eigenvalue weighted by Crippen LogP contribution is 2.30. The Bertz CT molecular complexity index is 364. The Morgan fingerprint density at radius 2 is 1.92 bits per heavy atom. The van der Waals surface area contributed by atoms with Crippen LogP contribution in [0.3, 0.4) is 0 Å². The Balaban J connectivity index is 3.32. The van der Waals surface area contributed by atoms with Crippen LogP contribution in [-0.2, 0) is 6.18 Å². The molecule has 0 fully saturated rings. The molecule has 6 heteroatoms. The molecule has 1 rings (SSSR count). The maximum atomic E-state index is 12.3. The minimum Gasteiger partial charge on any atom is -0.208 e. The number of halogens is 4. The maximum absolute atomic E-state index is 12.3. The first-order valence-corrected chi connectivity index (χ1v) is 3.09. The SMILES string of the molecule is N#Cc1nc(F)ccc1C(F)(F)F. The van der Waals surface area contributed by atoms with Crippen LogP contribution >= 0.6 is 0 Å². The van der Waals surface area contributed by atoms with Gasteiger partial charge in [-0.05, 0) is 12.1 Å². The Morgan fingerprint density at radius 3 is 2.38 bits per heavy atom. The van der Waals surface area contributed by atoms with Crippen molar-refractivity contribution in [3.63, 3.8) is 0 Å². The van der Waals surface area contributed by atoms with Gasteiger partial charge in [0.05, 0.1) is 5.56 Å². The molecular formula is C7H2F4N2. The Morgan fingerprint density at radius 1 is 1.31 bits per heavy atom. The molecule has 0 amide bonds. The quantitative estimate of drug-likeness (QED) is 0.464. The number of hydrogen-bond donors (Lipinski definition) is 0. The third-order valence-electron chi connectivity index (χ3n) is 1.27. The first-order valence-electron chi connectivity index (χ1n) is 3.09. The Labute approximate surface area is 70.4 Å². The number of nitriles is 1. The van der Waals surface area contributed by atoms with E-state index in [1.165, 1.54) is 6.07 Å². The third kappa shape index (κ3) is 1.93. The predicted molar refractivity (Wildman–Crippen MR) is 33.9 cm³/mol. The predicted octanol–water partition coefficient (Wildman–Crippen LogP) is 2.11. The highest BCUT2D eigenvalue weighted by Gasteiger charge is 2.34. The van der Waals surface area contributed by atoms with Gasteiger partial charge in [0, 0.05) is 0 Å². The molecule has 0 atom stereocenters. The van der Waals surface area contributed by atoms with Crippen molar-refractivity contribution in [2.75, 3.05) is 0 Å². The fourth-order valence-corrected chi connectivity index (χ4v) is 0.749. The second-order valence-electron chi connectivity index (χ2n) is 2.14. The topological polar surface area (TPSA) is 36.7 Å². The molecule has 0 aliphatic rings.